The van der Waals surface area contributed by atoms with Gasteiger partial charge in [-0.05, 0) is 45.1 Å². The SMILES string of the molecule is CSC1(C(=O)Nc2ccnc(OC3CCN(C)CC3)c2)CC1. The first kappa shape index (κ1) is 15.6. The van der Waals surface area contributed by atoms with Crippen LogP contribution in [-0.4, -0.2) is 53.0 Å². The quantitative estimate of drug-likeness (QED) is 0.902. The van der Waals surface area contributed by atoms with Crippen LogP contribution < -0.4 is 10.1 Å². The van der Waals surface area contributed by atoms with Gasteiger partial charge in [-0.25, -0.2) is 4.98 Å². The maximum absolute atomic E-state index is 12.3. The lowest BCUT2D eigenvalue weighted by atomic mass is 10.1. The van der Waals surface area contributed by atoms with E-state index in [4.69, 9.17) is 4.74 Å². The highest BCUT2D eigenvalue weighted by molar-refractivity contribution is 8.01. The van der Waals surface area contributed by atoms with Crippen molar-refractivity contribution in [3.8, 4) is 5.88 Å². The summed E-state index contributed by atoms with van der Waals surface area (Å²) in [6.45, 7) is 2.11. The maximum Gasteiger partial charge on any atom is 0.240 e. The molecule has 2 fully saturated rings. The zero-order valence-corrected chi connectivity index (χ0v) is 14.0. The van der Waals surface area contributed by atoms with E-state index in [-0.39, 0.29) is 16.8 Å². The Hall–Kier alpha value is -1.27. The Morgan fingerprint density at radius 2 is 2.18 bits per heavy atom. The second kappa shape index (κ2) is 6.46. The molecule has 1 aromatic heterocycles. The summed E-state index contributed by atoms with van der Waals surface area (Å²) in [7, 11) is 2.13. The molecule has 0 atom stereocenters. The summed E-state index contributed by atoms with van der Waals surface area (Å²) in [5.41, 5.74) is 0.767. The molecule has 120 valence electrons. The molecule has 1 aliphatic carbocycles. The van der Waals surface area contributed by atoms with E-state index in [1.165, 1.54) is 0 Å². The summed E-state index contributed by atoms with van der Waals surface area (Å²) in [4.78, 5) is 18.8. The lowest BCUT2D eigenvalue weighted by molar-refractivity contribution is -0.116. The second-order valence-corrected chi connectivity index (χ2v) is 7.35. The van der Waals surface area contributed by atoms with E-state index in [1.54, 1.807) is 18.0 Å². The minimum atomic E-state index is -0.210. The molecule has 1 aliphatic heterocycles. The molecule has 2 aliphatic rings. The monoisotopic (exact) mass is 321 g/mol. The number of ether oxygens (including phenoxy) is 1. The zero-order valence-electron chi connectivity index (χ0n) is 13.2. The number of carbonyl (C=O) groups is 1. The minimum Gasteiger partial charge on any atom is -0.474 e. The number of anilines is 1. The van der Waals surface area contributed by atoms with Gasteiger partial charge in [0, 0.05) is 31.0 Å². The molecule has 5 nitrogen and oxygen atoms in total. The lowest BCUT2D eigenvalue weighted by Gasteiger charge is -2.29. The molecule has 1 aromatic rings. The van der Waals surface area contributed by atoms with E-state index >= 15 is 0 Å². The van der Waals surface area contributed by atoms with Crippen LogP contribution in [0.1, 0.15) is 25.7 Å². The molecule has 0 radical (unpaired) electrons. The van der Waals surface area contributed by atoms with Crippen LogP contribution in [-0.2, 0) is 4.79 Å². The number of nitrogens with zero attached hydrogens (tertiary/aromatic N) is 2. The number of likely N-dealkylation sites (tertiary alicyclic amines) is 1. The fraction of sp³-hybridized carbons (Fsp3) is 0.625. The minimum absolute atomic E-state index is 0.0939. The highest BCUT2D eigenvalue weighted by atomic mass is 32.2. The highest BCUT2D eigenvalue weighted by Gasteiger charge is 2.49. The lowest BCUT2D eigenvalue weighted by Crippen LogP contribution is -2.35. The average Bonchev–Trinajstić information content (AvgIpc) is 3.31. The molecule has 2 heterocycles. The largest absolute Gasteiger partial charge is 0.474 e. The van der Waals surface area contributed by atoms with Crippen LogP contribution in [0.5, 0.6) is 5.88 Å². The summed E-state index contributed by atoms with van der Waals surface area (Å²) >= 11 is 1.63. The predicted octanol–water partition coefficient (Wildman–Crippen LogP) is 2.39. The van der Waals surface area contributed by atoms with Gasteiger partial charge in [0.2, 0.25) is 11.8 Å². The molecule has 6 heteroatoms. The smallest absolute Gasteiger partial charge is 0.240 e. The van der Waals surface area contributed by atoms with Crippen LogP contribution >= 0.6 is 11.8 Å². The Morgan fingerprint density at radius 1 is 1.45 bits per heavy atom. The summed E-state index contributed by atoms with van der Waals surface area (Å²) in [5.74, 6) is 0.692. The molecule has 1 saturated heterocycles. The summed E-state index contributed by atoms with van der Waals surface area (Å²) in [6.07, 6.45) is 7.87. The van der Waals surface area contributed by atoms with E-state index in [1.807, 2.05) is 18.4 Å². The van der Waals surface area contributed by atoms with Crippen molar-refractivity contribution in [2.75, 3.05) is 31.7 Å². The first-order valence-corrected chi connectivity index (χ1v) is 9.02. The van der Waals surface area contributed by atoms with Crippen LogP contribution in [0.2, 0.25) is 0 Å². The van der Waals surface area contributed by atoms with Crippen LogP contribution in [0.4, 0.5) is 5.69 Å². The Kier molecular flexibility index (Phi) is 4.59. The average molecular weight is 321 g/mol. The van der Waals surface area contributed by atoms with E-state index in [9.17, 15) is 4.79 Å². The normalized spacial score (nSPS) is 21.4. The van der Waals surface area contributed by atoms with Crippen LogP contribution in [0, 0.1) is 0 Å². The molecule has 0 bridgehead atoms. The van der Waals surface area contributed by atoms with Gasteiger partial charge < -0.3 is 15.0 Å². The van der Waals surface area contributed by atoms with Gasteiger partial charge in [-0.3, -0.25) is 4.79 Å². The molecule has 0 aromatic carbocycles. The maximum atomic E-state index is 12.3. The van der Waals surface area contributed by atoms with Crippen LogP contribution in [0.25, 0.3) is 0 Å². The van der Waals surface area contributed by atoms with Crippen LogP contribution in [0.3, 0.4) is 0 Å². The third-order valence-electron chi connectivity index (χ3n) is 4.45. The van der Waals surface area contributed by atoms with Gasteiger partial charge in [0.25, 0.3) is 0 Å². The van der Waals surface area contributed by atoms with E-state index in [0.717, 1.165) is 44.5 Å². The molecular formula is C16H23N3O2S. The Balaban J connectivity index is 1.59. The topological polar surface area (TPSA) is 54.5 Å². The summed E-state index contributed by atoms with van der Waals surface area (Å²) < 4.78 is 5.75. The van der Waals surface area contributed by atoms with Crippen molar-refractivity contribution >= 4 is 23.4 Å². The molecule has 22 heavy (non-hydrogen) atoms. The van der Waals surface area contributed by atoms with Crippen molar-refractivity contribution in [1.82, 2.24) is 9.88 Å². The Labute approximate surface area is 135 Å². The molecule has 0 spiro atoms. The van der Waals surface area contributed by atoms with Crippen molar-refractivity contribution in [3.05, 3.63) is 18.3 Å². The van der Waals surface area contributed by atoms with Gasteiger partial charge >= 0.3 is 0 Å². The van der Waals surface area contributed by atoms with E-state index < -0.39 is 0 Å². The third-order valence-corrected chi connectivity index (χ3v) is 5.83. The fourth-order valence-electron chi connectivity index (χ4n) is 2.71. The number of pyridine rings is 1. The molecule has 1 saturated carbocycles. The van der Waals surface area contributed by atoms with Gasteiger partial charge in [-0.15, -0.1) is 11.8 Å². The zero-order chi connectivity index (χ0) is 15.6. The molecule has 1 amide bonds. The molecule has 1 N–H and O–H groups in total. The number of thioether (sulfide) groups is 1. The van der Waals surface area contributed by atoms with E-state index in [0.29, 0.717) is 5.88 Å². The molecule has 0 unspecified atom stereocenters. The van der Waals surface area contributed by atoms with Gasteiger partial charge in [-0.1, -0.05) is 0 Å². The Morgan fingerprint density at radius 3 is 2.82 bits per heavy atom. The highest BCUT2D eigenvalue weighted by Crippen LogP contribution is 2.47. The first-order chi connectivity index (χ1) is 10.6. The third kappa shape index (κ3) is 3.55. The number of nitrogens with one attached hydrogen (secondary N) is 1. The molecule has 3 rings (SSSR count). The first-order valence-electron chi connectivity index (χ1n) is 7.79. The van der Waals surface area contributed by atoms with Gasteiger partial charge in [0.15, 0.2) is 0 Å². The number of carbonyl (C=O) groups excluding carboxylic acids is 1. The fourth-order valence-corrected chi connectivity index (χ4v) is 3.45. The van der Waals surface area contributed by atoms with Crippen molar-refractivity contribution in [3.63, 3.8) is 0 Å². The number of hydrogen-bond acceptors (Lipinski definition) is 5. The number of piperidine rings is 1. The second-order valence-electron chi connectivity index (χ2n) is 6.16. The predicted molar refractivity (Wildman–Crippen MR) is 89.5 cm³/mol. The van der Waals surface area contributed by atoms with Crippen molar-refractivity contribution in [2.45, 2.75) is 36.5 Å². The van der Waals surface area contributed by atoms with Gasteiger partial charge in [0.05, 0.1) is 4.75 Å². The summed E-state index contributed by atoms with van der Waals surface area (Å²) in [5, 5.41) is 2.99. The number of amides is 1. The van der Waals surface area contributed by atoms with Gasteiger partial charge in [0.1, 0.15) is 6.10 Å². The number of aromatic nitrogens is 1. The van der Waals surface area contributed by atoms with Gasteiger partial charge in [-0.2, -0.15) is 0 Å². The standard InChI is InChI=1S/C16H23N3O2S/c1-19-9-4-13(5-10-19)21-14-11-12(3-8-17-14)18-15(20)16(22-2)6-7-16/h3,8,11,13H,4-7,9-10H2,1-2H3,(H,17,18,20). The molecular weight excluding hydrogens is 298 g/mol. The van der Waals surface area contributed by atoms with Crippen molar-refractivity contribution < 1.29 is 9.53 Å². The van der Waals surface area contributed by atoms with Crippen molar-refractivity contribution in [2.24, 2.45) is 0 Å². The summed E-state index contributed by atoms with van der Waals surface area (Å²) in [6, 6.07) is 3.64. The van der Waals surface area contributed by atoms with Crippen molar-refractivity contribution in [1.29, 1.82) is 0 Å². The van der Waals surface area contributed by atoms with E-state index in [2.05, 4.69) is 22.2 Å². The van der Waals surface area contributed by atoms with Crippen LogP contribution in [0.15, 0.2) is 18.3 Å². The number of hydrogen-bond donors (Lipinski definition) is 1. The Bertz CT molecular complexity index is 540. The number of rotatable bonds is 5.